The lowest BCUT2D eigenvalue weighted by atomic mass is 9.96. The van der Waals surface area contributed by atoms with Crippen molar-refractivity contribution in [2.75, 3.05) is 25.5 Å². The molecule has 11 nitrogen and oxygen atoms in total. The van der Waals surface area contributed by atoms with E-state index >= 15 is 0 Å². The number of ether oxygens (including phenoxy) is 1. The van der Waals surface area contributed by atoms with Crippen molar-refractivity contribution in [1.29, 1.82) is 0 Å². The Morgan fingerprint density at radius 3 is 2.49 bits per heavy atom. The molecular weight excluding hydrogens is 666 g/mol. The first-order valence-corrected chi connectivity index (χ1v) is 17.7. The van der Waals surface area contributed by atoms with Crippen LogP contribution < -0.4 is 26.6 Å². The zero-order valence-corrected chi connectivity index (χ0v) is 30.1. The Morgan fingerprint density at radius 1 is 0.961 bits per heavy atom. The molecule has 2 atom stereocenters. The number of hydrogen-bond donors (Lipinski definition) is 2. The van der Waals surface area contributed by atoms with Gasteiger partial charge in [-0.05, 0) is 74.4 Å². The number of nitrogens with zero attached hydrogens (tertiary/aromatic N) is 5. The van der Waals surface area contributed by atoms with E-state index in [0.717, 1.165) is 82.5 Å². The third-order valence-electron chi connectivity index (χ3n) is 11.1. The molecule has 3 aliphatic rings. The van der Waals surface area contributed by atoms with Crippen LogP contribution in [0, 0.1) is 13.8 Å². The Hall–Kier alpha value is -5.00. The molecule has 3 aromatic heterocycles. The summed E-state index contributed by atoms with van der Waals surface area (Å²) >= 11 is 7.26. The standard InChI is InChI=1S/C39H40ClN7O4/c1-21-18-30-33(37(49)46(4)38(50)45(30)3)35(41-21)42-27-11-7-8-24(22(27)2)25-9-6-10-26(34(25)40)28-19-23-12-13-29(32(23)36(43-28)51-5)47-17-16-39(20-47)15-14-31(48)44-39/h6-11,18-19,29H,12-17,20H2,1-5H3,(H,41,42)(H,44,48)/t29-,39-/m0/s1. The third kappa shape index (κ3) is 5.41. The minimum atomic E-state index is -0.414. The Labute approximate surface area is 300 Å². The van der Waals surface area contributed by atoms with Crippen molar-refractivity contribution in [2.24, 2.45) is 14.1 Å². The van der Waals surface area contributed by atoms with E-state index < -0.39 is 11.2 Å². The lowest BCUT2D eigenvalue weighted by Crippen LogP contribution is -2.44. The fourth-order valence-electron chi connectivity index (χ4n) is 8.42. The molecular formula is C39H40ClN7O4. The van der Waals surface area contributed by atoms with Crippen molar-refractivity contribution in [3.05, 3.63) is 96.8 Å². The topological polar surface area (TPSA) is 123 Å². The van der Waals surface area contributed by atoms with Gasteiger partial charge in [-0.25, -0.2) is 14.8 Å². The highest BCUT2D eigenvalue weighted by atomic mass is 35.5. The molecule has 2 fully saturated rings. The summed E-state index contributed by atoms with van der Waals surface area (Å²) in [4.78, 5) is 50.2. The second-order valence-corrected chi connectivity index (χ2v) is 14.6. The summed E-state index contributed by atoms with van der Waals surface area (Å²) in [5.74, 6) is 1.15. The second-order valence-electron chi connectivity index (χ2n) is 14.2. The summed E-state index contributed by atoms with van der Waals surface area (Å²) in [5.41, 5.74) is 7.60. The van der Waals surface area contributed by atoms with Crippen LogP contribution in [-0.2, 0) is 25.3 Å². The fraction of sp³-hybridized carbons (Fsp3) is 0.359. The molecule has 2 aliphatic heterocycles. The van der Waals surface area contributed by atoms with Crippen LogP contribution in [0.25, 0.3) is 33.3 Å². The van der Waals surface area contributed by atoms with Crippen molar-refractivity contribution in [1.82, 2.24) is 29.3 Å². The van der Waals surface area contributed by atoms with Gasteiger partial charge in [0.25, 0.3) is 5.56 Å². The molecule has 12 heteroatoms. The highest BCUT2D eigenvalue weighted by Crippen LogP contribution is 2.47. The Morgan fingerprint density at radius 2 is 1.73 bits per heavy atom. The number of likely N-dealkylation sites (tertiary alicyclic amines) is 1. The summed E-state index contributed by atoms with van der Waals surface area (Å²) in [6.07, 6.45) is 4.35. The Bertz CT molecular complexity index is 2400. The predicted molar refractivity (Wildman–Crippen MR) is 199 cm³/mol. The number of nitrogens with one attached hydrogen (secondary N) is 2. The van der Waals surface area contributed by atoms with E-state index in [2.05, 4.69) is 26.6 Å². The van der Waals surface area contributed by atoms with Crippen LogP contribution in [0.15, 0.2) is 58.1 Å². The molecule has 8 rings (SSSR count). The highest BCUT2D eigenvalue weighted by Gasteiger charge is 2.46. The molecule has 0 bridgehead atoms. The monoisotopic (exact) mass is 705 g/mol. The summed E-state index contributed by atoms with van der Waals surface area (Å²) < 4.78 is 8.51. The van der Waals surface area contributed by atoms with Gasteiger partial charge in [0.1, 0.15) is 11.2 Å². The molecule has 1 amide bonds. The zero-order valence-electron chi connectivity index (χ0n) is 29.4. The SMILES string of the molecule is COc1nc(-c2cccc(-c3cccc(Nc4nc(C)cc5c4c(=O)n(C)c(=O)n5C)c3C)c2Cl)cc2c1[C@@H](N1CC[C@@]3(CCC(=O)N3)C1)CC2. The van der Waals surface area contributed by atoms with E-state index in [1.54, 1.807) is 20.2 Å². The molecule has 1 aliphatic carbocycles. The maximum Gasteiger partial charge on any atom is 0.330 e. The molecule has 0 saturated carbocycles. The quantitative estimate of drug-likeness (QED) is 0.230. The summed E-state index contributed by atoms with van der Waals surface area (Å²) in [6, 6.07) is 16.0. The minimum absolute atomic E-state index is 0.111. The Kier molecular flexibility index (Phi) is 8.03. The number of carbonyl (C=O) groups is 1. The molecule has 2 N–H and O–H groups in total. The predicted octanol–water partition coefficient (Wildman–Crippen LogP) is 5.73. The lowest BCUT2D eigenvalue weighted by Gasteiger charge is -2.28. The van der Waals surface area contributed by atoms with Gasteiger partial charge in [-0.3, -0.25) is 23.6 Å². The van der Waals surface area contributed by atoms with Gasteiger partial charge in [-0.2, -0.15) is 0 Å². The largest absolute Gasteiger partial charge is 0.481 e. The Balaban J connectivity index is 1.14. The third-order valence-corrected chi connectivity index (χ3v) is 11.5. The van der Waals surface area contributed by atoms with Crippen LogP contribution in [0.1, 0.15) is 54.1 Å². The second kappa shape index (κ2) is 12.3. The number of aryl methyl sites for hydroxylation is 3. The average Bonchev–Trinajstić information content (AvgIpc) is 3.84. The number of fused-ring (bicyclic) bond motifs is 2. The number of halogens is 1. The van der Waals surface area contributed by atoms with Crippen LogP contribution in [0.5, 0.6) is 5.88 Å². The number of hydrogen-bond acceptors (Lipinski definition) is 8. The van der Waals surface area contributed by atoms with E-state index in [1.165, 1.54) is 17.2 Å². The van der Waals surface area contributed by atoms with E-state index in [1.807, 2.05) is 50.2 Å². The highest BCUT2D eigenvalue weighted by molar-refractivity contribution is 6.36. The molecule has 2 aromatic carbocycles. The average molecular weight is 706 g/mol. The van der Waals surface area contributed by atoms with Crippen molar-refractivity contribution >= 4 is 39.9 Å². The maximum absolute atomic E-state index is 13.3. The van der Waals surface area contributed by atoms with Crippen LogP contribution in [0.2, 0.25) is 5.02 Å². The van der Waals surface area contributed by atoms with Gasteiger partial charge in [0.05, 0.1) is 28.9 Å². The van der Waals surface area contributed by atoms with Crippen LogP contribution in [0.3, 0.4) is 0 Å². The smallest absolute Gasteiger partial charge is 0.330 e. The van der Waals surface area contributed by atoms with Gasteiger partial charge in [0.15, 0.2) is 0 Å². The number of rotatable bonds is 6. The van der Waals surface area contributed by atoms with Crippen molar-refractivity contribution in [2.45, 2.75) is 57.5 Å². The molecule has 0 unspecified atom stereocenters. The van der Waals surface area contributed by atoms with E-state index in [4.69, 9.17) is 21.3 Å². The summed E-state index contributed by atoms with van der Waals surface area (Å²) in [7, 11) is 4.79. The summed E-state index contributed by atoms with van der Waals surface area (Å²) in [6.45, 7) is 5.62. The number of pyridine rings is 2. The molecule has 262 valence electrons. The normalized spacial score (nSPS) is 20.0. The number of anilines is 2. The minimum Gasteiger partial charge on any atom is -0.481 e. The van der Waals surface area contributed by atoms with Crippen LogP contribution in [0.4, 0.5) is 11.5 Å². The number of carbonyl (C=O) groups excluding carboxylic acids is 1. The first kappa shape index (κ1) is 33.2. The van der Waals surface area contributed by atoms with Gasteiger partial charge < -0.3 is 15.4 Å². The first-order valence-electron chi connectivity index (χ1n) is 17.3. The van der Waals surface area contributed by atoms with E-state index in [-0.39, 0.29) is 17.5 Å². The molecule has 0 radical (unpaired) electrons. The molecule has 5 heterocycles. The van der Waals surface area contributed by atoms with Gasteiger partial charge in [-0.15, -0.1) is 0 Å². The molecule has 2 saturated heterocycles. The van der Waals surface area contributed by atoms with Crippen molar-refractivity contribution in [3.8, 4) is 28.3 Å². The fourth-order valence-corrected chi connectivity index (χ4v) is 8.75. The molecule has 1 spiro atoms. The summed E-state index contributed by atoms with van der Waals surface area (Å²) in [5, 5.41) is 7.56. The van der Waals surface area contributed by atoms with Crippen LogP contribution >= 0.6 is 11.6 Å². The van der Waals surface area contributed by atoms with E-state index in [0.29, 0.717) is 39.7 Å². The maximum atomic E-state index is 13.3. The zero-order chi connectivity index (χ0) is 35.8. The molecule has 5 aromatic rings. The lowest BCUT2D eigenvalue weighted by molar-refractivity contribution is -0.119. The van der Waals surface area contributed by atoms with Crippen LogP contribution in [-0.4, -0.2) is 55.6 Å². The molecule has 51 heavy (non-hydrogen) atoms. The van der Waals surface area contributed by atoms with Crippen molar-refractivity contribution in [3.63, 3.8) is 0 Å². The number of aromatic nitrogens is 4. The number of methoxy groups -OCH3 is 1. The first-order chi connectivity index (χ1) is 24.5. The van der Waals surface area contributed by atoms with Gasteiger partial charge >= 0.3 is 5.69 Å². The van der Waals surface area contributed by atoms with Gasteiger partial charge in [-0.1, -0.05) is 41.9 Å². The van der Waals surface area contributed by atoms with Gasteiger partial charge in [0.2, 0.25) is 11.8 Å². The van der Waals surface area contributed by atoms with Crippen molar-refractivity contribution < 1.29 is 9.53 Å². The number of amides is 1. The van der Waals surface area contributed by atoms with E-state index in [9.17, 15) is 14.4 Å². The number of benzene rings is 2. The van der Waals surface area contributed by atoms with Gasteiger partial charge in [0, 0.05) is 67.7 Å².